The Balaban J connectivity index is 1.81. The van der Waals surface area contributed by atoms with Crippen LogP contribution < -0.4 is 16.3 Å². The number of likely N-dealkylation sites (tertiary alicyclic amines) is 1. The molecule has 2 fully saturated rings. The van der Waals surface area contributed by atoms with Crippen LogP contribution in [0.2, 0.25) is 0 Å². The minimum absolute atomic E-state index is 0.156. The van der Waals surface area contributed by atoms with Gasteiger partial charge in [-0.15, -0.1) is 4.28 Å². The summed E-state index contributed by atoms with van der Waals surface area (Å²) >= 11 is 0. The van der Waals surface area contributed by atoms with Gasteiger partial charge in [-0.1, -0.05) is 0 Å². The molecule has 2 aliphatic heterocycles. The lowest BCUT2D eigenvalue weighted by Crippen LogP contribution is -2.55. The summed E-state index contributed by atoms with van der Waals surface area (Å²) in [5.41, 5.74) is 3.86. The largest absolute Gasteiger partial charge is 0.418 e. The number of carbonyl (C=O) groups excluding carboxylic acids is 2. The maximum absolute atomic E-state index is 12.2. The Bertz CT molecular complexity index is 565. The van der Waals surface area contributed by atoms with E-state index in [2.05, 4.69) is 15.1 Å². The molecule has 0 aliphatic carbocycles. The highest BCUT2D eigenvalue weighted by Crippen LogP contribution is 2.17. The van der Waals surface area contributed by atoms with Crippen molar-refractivity contribution in [2.75, 3.05) is 32.8 Å². The molecule has 4 N–H and O–H groups in total. The first kappa shape index (κ1) is 19.8. The number of hydrogen-bond acceptors (Lipinski definition) is 8. The van der Waals surface area contributed by atoms with Crippen molar-refractivity contribution in [2.45, 2.75) is 31.4 Å². The molecule has 2 heterocycles. The Morgan fingerprint density at radius 3 is 2.80 bits per heavy atom. The molecule has 1 unspecified atom stereocenters. The fourth-order valence-corrected chi connectivity index (χ4v) is 2.77. The zero-order valence-corrected chi connectivity index (χ0v) is 14.3. The van der Waals surface area contributed by atoms with Crippen LogP contribution in [0.15, 0.2) is 0 Å². The Morgan fingerprint density at radius 1 is 1.32 bits per heavy atom. The maximum atomic E-state index is 12.2. The maximum Gasteiger partial charge on any atom is 0.418 e. The number of morpholine rings is 1. The molecule has 2 atom stereocenters. The van der Waals surface area contributed by atoms with Crippen LogP contribution in [0.5, 0.6) is 0 Å². The van der Waals surface area contributed by atoms with Crippen molar-refractivity contribution in [1.29, 1.82) is 0 Å². The number of piperidine rings is 1. The Labute approximate surface area is 145 Å². The van der Waals surface area contributed by atoms with Gasteiger partial charge >= 0.3 is 16.4 Å². The van der Waals surface area contributed by atoms with E-state index in [4.69, 9.17) is 14.1 Å². The van der Waals surface area contributed by atoms with Gasteiger partial charge in [0.1, 0.15) is 12.6 Å². The minimum Gasteiger partial charge on any atom is -0.373 e. The topological polar surface area (TPSA) is 156 Å². The molecule has 25 heavy (non-hydrogen) atoms. The molecular weight excluding hydrogens is 360 g/mol. The first-order valence-corrected chi connectivity index (χ1v) is 9.20. The van der Waals surface area contributed by atoms with Gasteiger partial charge in [0, 0.05) is 19.6 Å². The van der Waals surface area contributed by atoms with E-state index in [0.717, 1.165) is 17.9 Å². The van der Waals surface area contributed by atoms with E-state index in [1.807, 2.05) is 0 Å². The molecule has 0 aromatic heterocycles. The van der Waals surface area contributed by atoms with Gasteiger partial charge in [-0.25, -0.2) is 10.3 Å². The van der Waals surface area contributed by atoms with Crippen LogP contribution in [0.25, 0.3) is 0 Å². The first-order valence-electron chi connectivity index (χ1n) is 7.83. The molecule has 2 saturated heterocycles. The molecular formula is C12H22N4O8S. The second-order valence-electron chi connectivity index (χ2n) is 5.60. The number of hydrogen-bond donors (Lipinski definition) is 4. The third-order valence-corrected chi connectivity index (χ3v) is 4.04. The van der Waals surface area contributed by atoms with Crippen molar-refractivity contribution in [1.82, 2.24) is 21.2 Å². The second kappa shape index (κ2) is 9.26. The molecule has 0 spiro atoms. The smallest absolute Gasteiger partial charge is 0.373 e. The van der Waals surface area contributed by atoms with Crippen molar-refractivity contribution in [2.24, 2.45) is 0 Å². The average Bonchev–Trinajstić information content (AvgIpc) is 2.60. The van der Waals surface area contributed by atoms with E-state index < -0.39 is 28.4 Å². The van der Waals surface area contributed by atoms with Crippen LogP contribution in [-0.4, -0.2) is 74.8 Å². The third kappa shape index (κ3) is 6.72. The van der Waals surface area contributed by atoms with Gasteiger partial charge in [-0.2, -0.15) is 13.9 Å². The fraction of sp³-hybridized carbons (Fsp3) is 0.833. The molecule has 0 aromatic carbocycles. The number of ether oxygens (including phenoxy) is 1. The molecule has 3 amide bonds. The SMILES string of the molecule is O=C(NOCC1CNCCO1)[C@@H]1CCCCN1C(=O)NOS(=O)(=O)O. The number of urea groups is 1. The molecule has 13 heteroatoms. The van der Waals surface area contributed by atoms with E-state index >= 15 is 0 Å². The summed E-state index contributed by atoms with van der Waals surface area (Å²) in [5, 5.41) is 3.12. The zero-order chi connectivity index (χ0) is 18.3. The van der Waals surface area contributed by atoms with E-state index in [1.54, 1.807) is 5.48 Å². The molecule has 0 radical (unpaired) electrons. The highest BCUT2D eigenvalue weighted by Gasteiger charge is 2.33. The summed E-state index contributed by atoms with van der Waals surface area (Å²) < 4.78 is 38.8. The van der Waals surface area contributed by atoms with E-state index in [-0.39, 0.29) is 19.3 Å². The lowest BCUT2D eigenvalue weighted by molar-refractivity contribution is -0.143. The lowest BCUT2D eigenvalue weighted by atomic mass is 10.0. The highest BCUT2D eigenvalue weighted by molar-refractivity contribution is 7.80. The number of hydroxylamine groups is 2. The summed E-state index contributed by atoms with van der Waals surface area (Å²) in [6.07, 6.45) is 1.57. The fourth-order valence-electron chi connectivity index (χ4n) is 2.59. The summed E-state index contributed by atoms with van der Waals surface area (Å²) in [7, 11) is -4.83. The van der Waals surface area contributed by atoms with Crippen LogP contribution in [0.4, 0.5) is 4.79 Å². The predicted octanol–water partition coefficient (Wildman–Crippen LogP) is -1.68. The Hall–Kier alpha value is -1.51. The molecule has 0 bridgehead atoms. The van der Waals surface area contributed by atoms with Crippen molar-refractivity contribution < 1.29 is 36.4 Å². The van der Waals surface area contributed by atoms with Crippen molar-refractivity contribution >= 4 is 22.3 Å². The normalized spacial score (nSPS) is 24.6. The third-order valence-electron chi connectivity index (χ3n) is 3.75. The monoisotopic (exact) mass is 382 g/mol. The summed E-state index contributed by atoms with van der Waals surface area (Å²) in [6, 6.07) is -1.79. The molecule has 0 aromatic rings. The van der Waals surface area contributed by atoms with Gasteiger partial charge in [-0.05, 0) is 19.3 Å². The Morgan fingerprint density at radius 2 is 2.12 bits per heavy atom. The summed E-state index contributed by atoms with van der Waals surface area (Å²) in [6.45, 7) is 2.33. The van der Waals surface area contributed by atoms with Crippen LogP contribution >= 0.6 is 0 Å². The van der Waals surface area contributed by atoms with Gasteiger partial charge in [0.25, 0.3) is 5.91 Å². The molecule has 2 rings (SSSR count). The van der Waals surface area contributed by atoms with Crippen molar-refractivity contribution in [3.05, 3.63) is 0 Å². The van der Waals surface area contributed by atoms with Crippen molar-refractivity contribution in [3.8, 4) is 0 Å². The Kier molecular flexibility index (Phi) is 7.34. The second-order valence-corrected chi connectivity index (χ2v) is 6.62. The van der Waals surface area contributed by atoms with E-state index in [0.29, 0.717) is 26.0 Å². The number of nitrogens with zero attached hydrogens (tertiary/aromatic N) is 1. The summed E-state index contributed by atoms with van der Waals surface area (Å²) in [5.74, 6) is -0.537. The quantitative estimate of drug-likeness (QED) is 0.311. The van der Waals surface area contributed by atoms with Crippen molar-refractivity contribution in [3.63, 3.8) is 0 Å². The number of rotatable bonds is 6. The molecule has 2 aliphatic rings. The average molecular weight is 382 g/mol. The van der Waals surface area contributed by atoms with E-state index in [1.165, 1.54) is 0 Å². The van der Waals surface area contributed by atoms with Gasteiger partial charge < -0.3 is 15.0 Å². The lowest BCUT2D eigenvalue weighted by Gasteiger charge is -2.34. The first-order chi connectivity index (χ1) is 11.9. The van der Waals surface area contributed by atoms with Gasteiger partial charge in [0.15, 0.2) is 0 Å². The van der Waals surface area contributed by atoms with Gasteiger partial charge in [-0.3, -0.25) is 14.2 Å². The highest BCUT2D eigenvalue weighted by atomic mass is 32.3. The number of carbonyl (C=O) groups is 2. The minimum atomic E-state index is -4.83. The van der Waals surface area contributed by atoms with Gasteiger partial charge in [0.05, 0.1) is 12.7 Å². The predicted molar refractivity (Wildman–Crippen MR) is 82.2 cm³/mol. The van der Waals surface area contributed by atoms with Crippen LogP contribution in [0.3, 0.4) is 0 Å². The van der Waals surface area contributed by atoms with Gasteiger partial charge in [0.2, 0.25) is 0 Å². The number of amides is 3. The molecule has 12 nitrogen and oxygen atoms in total. The number of nitrogens with one attached hydrogen (secondary N) is 3. The standard InChI is InChI=1S/C12H22N4O8S/c17-11(14-23-8-9-7-13-4-6-22-9)10-3-1-2-5-16(10)12(18)15-24-25(19,20)21/h9-10,13H,1-8H2,(H,14,17)(H,15,18)(H,19,20,21)/t9?,10-/m0/s1. The van der Waals surface area contributed by atoms with Crippen LogP contribution in [0.1, 0.15) is 19.3 Å². The van der Waals surface area contributed by atoms with Crippen LogP contribution in [0, 0.1) is 0 Å². The van der Waals surface area contributed by atoms with Crippen LogP contribution in [-0.2, 0) is 29.1 Å². The van der Waals surface area contributed by atoms with E-state index in [9.17, 15) is 18.0 Å². The molecule has 0 saturated carbocycles. The zero-order valence-electron chi connectivity index (χ0n) is 13.5. The molecule has 144 valence electrons. The summed E-state index contributed by atoms with van der Waals surface area (Å²) in [4.78, 5) is 30.4.